The molecule has 0 saturated carbocycles. The maximum absolute atomic E-state index is 13.8. The molecule has 0 unspecified atom stereocenters. The third kappa shape index (κ3) is 5.28. The number of sulfone groups is 1. The Kier molecular flexibility index (Phi) is 6.88. The van der Waals surface area contributed by atoms with Gasteiger partial charge in [0.25, 0.3) is 5.91 Å². The second-order valence-electron chi connectivity index (χ2n) is 10.6. The number of aliphatic hydroxyl groups excluding tert-OH is 1. The number of sulfonamides is 1. The van der Waals surface area contributed by atoms with Gasteiger partial charge in [-0.3, -0.25) is 14.3 Å². The molecule has 2 aliphatic heterocycles. The van der Waals surface area contributed by atoms with Crippen LogP contribution in [-0.2, 0) is 36.0 Å². The average molecular weight is 578 g/mol. The van der Waals surface area contributed by atoms with Gasteiger partial charge in [-0.15, -0.1) is 0 Å². The van der Waals surface area contributed by atoms with Crippen LogP contribution in [-0.4, -0.2) is 50.8 Å². The van der Waals surface area contributed by atoms with Gasteiger partial charge in [0.15, 0.2) is 5.78 Å². The minimum absolute atomic E-state index is 0.00792. The zero-order chi connectivity index (χ0) is 29.1. The van der Waals surface area contributed by atoms with Crippen LogP contribution in [0.4, 0.5) is 15.8 Å². The van der Waals surface area contributed by atoms with Crippen molar-refractivity contribution in [3.8, 4) is 0 Å². The Morgan fingerprint density at radius 2 is 1.77 bits per heavy atom. The van der Waals surface area contributed by atoms with Crippen LogP contribution in [0.3, 0.4) is 0 Å². The molecule has 1 amide bonds. The van der Waals surface area contributed by atoms with Gasteiger partial charge < -0.3 is 15.3 Å². The van der Waals surface area contributed by atoms with Gasteiger partial charge in [-0.25, -0.2) is 21.2 Å². The maximum Gasteiger partial charge on any atom is 0.260 e. The first-order valence-corrected chi connectivity index (χ1v) is 15.2. The number of rotatable bonds is 6. The molecule has 3 N–H and O–H groups in total. The number of allylic oxidation sites excluding steroid dienone is 1. The van der Waals surface area contributed by atoms with Crippen LogP contribution >= 0.6 is 0 Å². The zero-order valence-electron chi connectivity index (χ0n) is 21.9. The quantitative estimate of drug-likeness (QED) is 0.473. The number of hydrogen-bond acceptors (Lipinski definition) is 8. The van der Waals surface area contributed by atoms with Gasteiger partial charge in [-0.2, -0.15) is 0 Å². The Balaban J connectivity index is 1.88. The molecule has 2 aromatic rings. The van der Waals surface area contributed by atoms with Gasteiger partial charge in [0.2, 0.25) is 19.9 Å². The maximum atomic E-state index is 13.8. The number of carbonyl (C=O) groups excluding carboxylic acids is 2. The number of nitrogens with one attached hydrogen (secondary N) is 2. The number of aliphatic hydroxyl groups is 1. The summed E-state index contributed by atoms with van der Waals surface area (Å²) in [5.41, 5.74) is -0.908. The van der Waals surface area contributed by atoms with Crippen molar-refractivity contribution in [2.45, 2.75) is 45.2 Å². The largest absolute Gasteiger partial charge is 0.509 e. The summed E-state index contributed by atoms with van der Waals surface area (Å²) in [6.45, 7) is 6.38. The molecule has 1 atom stereocenters. The zero-order valence-corrected chi connectivity index (χ0v) is 23.5. The van der Waals surface area contributed by atoms with E-state index >= 15 is 0 Å². The van der Waals surface area contributed by atoms with E-state index in [-0.39, 0.29) is 34.1 Å². The summed E-state index contributed by atoms with van der Waals surface area (Å²) in [7, 11) is -8.27. The number of amides is 1. The Morgan fingerprint density at radius 3 is 2.31 bits per heavy atom. The van der Waals surface area contributed by atoms with E-state index in [2.05, 4.69) is 10.0 Å². The molecule has 208 valence electrons. The third-order valence-electron chi connectivity index (χ3n) is 6.29. The highest BCUT2D eigenvalue weighted by molar-refractivity contribution is 7.96. The summed E-state index contributed by atoms with van der Waals surface area (Å²) in [6.07, 6.45) is 0.905. The lowest BCUT2D eigenvalue weighted by molar-refractivity contribution is -0.129. The summed E-state index contributed by atoms with van der Waals surface area (Å²) in [5.74, 6) is -2.47. The molecule has 0 bridgehead atoms. The van der Waals surface area contributed by atoms with E-state index < -0.39 is 59.5 Å². The molecule has 0 aliphatic carbocycles. The number of benzene rings is 2. The number of Topliss-reactive ketones (excluding diaryl/α,β-unsaturated/α-hetero) is 1. The summed E-state index contributed by atoms with van der Waals surface area (Å²) < 4.78 is 66.3. The van der Waals surface area contributed by atoms with Gasteiger partial charge >= 0.3 is 0 Å². The standard InChI is InChI=1S/C26H28FN3O7S2/c1-14(31)23-21(28-18-11-10-17(29-38(5,34)35)12-19(18)39(23,36)37)20-22(32)24(26(2,3)4)30(25(20)33)13-15-6-8-16(27)9-7-15/h6-12,24,28-29,32H,13H2,1-5H3/t24-/m1/s1. The fraction of sp³-hybridized carbons (Fsp3) is 0.308. The molecule has 2 aromatic carbocycles. The molecule has 0 fully saturated rings. The first-order chi connectivity index (χ1) is 17.9. The van der Waals surface area contributed by atoms with Crippen molar-refractivity contribution in [3.63, 3.8) is 0 Å². The highest BCUT2D eigenvalue weighted by Gasteiger charge is 2.49. The van der Waals surface area contributed by atoms with Crippen LogP contribution in [0.15, 0.2) is 69.3 Å². The number of halogens is 1. The predicted octanol–water partition coefficient (Wildman–Crippen LogP) is 3.47. The fourth-order valence-corrected chi connectivity index (χ4v) is 7.09. The lowest BCUT2D eigenvalue weighted by atomic mass is 9.85. The Labute approximate surface area is 226 Å². The van der Waals surface area contributed by atoms with Gasteiger partial charge in [0, 0.05) is 12.2 Å². The lowest BCUT2D eigenvalue weighted by Gasteiger charge is -2.35. The smallest absolute Gasteiger partial charge is 0.260 e. The van der Waals surface area contributed by atoms with Crippen molar-refractivity contribution in [2.75, 3.05) is 16.3 Å². The number of carbonyl (C=O) groups is 2. The number of nitrogens with zero attached hydrogens (tertiary/aromatic N) is 1. The first-order valence-electron chi connectivity index (χ1n) is 11.8. The van der Waals surface area contributed by atoms with Crippen LogP contribution in [0.25, 0.3) is 0 Å². The topological polar surface area (TPSA) is 150 Å². The summed E-state index contributed by atoms with van der Waals surface area (Å²) in [5, 5.41) is 14.2. The highest BCUT2D eigenvalue weighted by atomic mass is 32.2. The van der Waals surface area contributed by atoms with Crippen molar-refractivity contribution in [2.24, 2.45) is 5.41 Å². The van der Waals surface area contributed by atoms with E-state index in [1.54, 1.807) is 20.8 Å². The van der Waals surface area contributed by atoms with Crippen molar-refractivity contribution < 1.29 is 35.9 Å². The van der Waals surface area contributed by atoms with E-state index in [0.29, 0.717) is 5.56 Å². The molecule has 10 nitrogen and oxygen atoms in total. The van der Waals surface area contributed by atoms with Crippen molar-refractivity contribution in [1.29, 1.82) is 0 Å². The van der Waals surface area contributed by atoms with Crippen molar-refractivity contribution >= 4 is 42.9 Å². The van der Waals surface area contributed by atoms with Crippen LogP contribution in [0, 0.1) is 11.2 Å². The summed E-state index contributed by atoms with van der Waals surface area (Å²) >= 11 is 0. The molecular formula is C26H28FN3O7S2. The molecule has 2 aliphatic rings. The minimum atomic E-state index is -4.55. The third-order valence-corrected chi connectivity index (χ3v) is 8.84. The normalized spacial score (nSPS) is 19.2. The highest BCUT2D eigenvalue weighted by Crippen LogP contribution is 2.44. The van der Waals surface area contributed by atoms with Gasteiger partial charge in [-0.05, 0) is 48.2 Å². The molecule has 0 radical (unpaired) electrons. The van der Waals surface area contributed by atoms with E-state index in [9.17, 15) is 35.9 Å². The predicted molar refractivity (Wildman–Crippen MR) is 143 cm³/mol. The Morgan fingerprint density at radius 1 is 1.15 bits per heavy atom. The van der Waals surface area contributed by atoms with E-state index in [4.69, 9.17) is 0 Å². The average Bonchev–Trinajstić information content (AvgIpc) is 3.03. The lowest BCUT2D eigenvalue weighted by Crippen LogP contribution is -2.43. The molecule has 4 rings (SSSR count). The van der Waals surface area contributed by atoms with Gasteiger partial charge in [-0.1, -0.05) is 32.9 Å². The van der Waals surface area contributed by atoms with E-state index in [1.165, 1.54) is 41.3 Å². The SMILES string of the molecule is CC(=O)C1=C(C2=C(O)[C@H](C(C)(C)C)N(Cc3ccc(F)cc3)C2=O)Nc2ccc(NS(C)(=O)=O)cc2S1(=O)=O. The summed E-state index contributed by atoms with van der Waals surface area (Å²) in [6, 6.07) is 8.28. The van der Waals surface area contributed by atoms with Crippen molar-refractivity contribution in [1.82, 2.24) is 4.90 Å². The van der Waals surface area contributed by atoms with Crippen LogP contribution in [0.5, 0.6) is 0 Å². The molecule has 13 heteroatoms. The molecule has 0 spiro atoms. The second-order valence-corrected chi connectivity index (χ2v) is 14.2. The molecule has 2 heterocycles. The van der Waals surface area contributed by atoms with E-state index in [1.807, 2.05) is 0 Å². The molecule has 39 heavy (non-hydrogen) atoms. The van der Waals surface area contributed by atoms with Gasteiger partial charge in [0.05, 0.1) is 28.6 Å². The number of anilines is 2. The van der Waals surface area contributed by atoms with E-state index in [0.717, 1.165) is 19.2 Å². The van der Waals surface area contributed by atoms with Crippen molar-refractivity contribution in [3.05, 3.63) is 75.8 Å². The van der Waals surface area contributed by atoms with Crippen LogP contribution < -0.4 is 10.0 Å². The number of fused-ring (bicyclic) bond motifs is 1. The Bertz CT molecular complexity index is 1670. The van der Waals surface area contributed by atoms with Crippen LogP contribution in [0.1, 0.15) is 33.3 Å². The molecule has 0 aromatic heterocycles. The molecular weight excluding hydrogens is 549 g/mol. The first kappa shape index (κ1) is 28.3. The minimum Gasteiger partial charge on any atom is -0.509 e. The molecule has 0 saturated heterocycles. The number of hydrogen-bond donors (Lipinski definition) is 3. The monoisotopic (exact) mass is 577 g/mol. The Hall–Kier alpha value is -3.71. The summed E-state index contributed by atoms with van der Waals surface area (Å²) in [4.78, 5) is 26.8. The fourth-order valence-electron chi connectivity index (χ4n) is 4.82. The van der Waals surface area contributed by atoms with Gasteiger partial charge in [0.1, 0.15) is 22.1 Å². The van der Waals surface area contributed by atoms with Crippen LogP contribution in [0.2, 0.25) is 0 Å². The second kappa shape index (κ2) is 9.49. The number of ketones is 1.